The van der Waals surface area contributed by atoms with Gasteiger partial charge in [0.15, 0.2) is 0 Å². The molecule has 0 saturated heterocycles. The maximum absolute atomic E-state index is 9.74. The Morgan fingerprint density at radius 1 is 1.71 bits per heavy atom. The predicted octanol–water partition coefficient (Wildman–Crippen LogP) is -0.562. The average Bonchev–Trinajstić information content (AvgIpc) is 2.63. The van der Waals surface area contributed by atoms with E-state index in [4.69, 9.17) is 5.73 Å². The van der Waals surface area contributed by atoms with Crippen LogP contribution < -0.4 is 5.73 Å². The van der Waals surface area contributed by atoms with Crippen LogP contribution in [0.25, 0.3) is 4.96 Å². The van der Waals surface area contributed by atoms with E-state index in [1.807, 2.05) is 0 Å². The van der Waals surface area contributed by atoms with Gasteiger partial charge < -0.3 is 10.8 Å². The number of hydrogen-bond donors (Lipinski definition) is 2. The van der Waals surface area contributed by atoms with Crippen molar-refractivity contribution >= 4 is 16.3 Å². The third-order valence-electron chi connectivity index (χ3n) is 1.90. The molecule has 0 radical (unpaired) electrons. The highest BCUT2D eigenvalue weighted by atomic mass is 32.1. The minimum absolute atomic E-state index is 0.215. The van der Waals surface area contributed by atoms with Crippen LogP contribution >= 0.6 is 11.3 Å². The van der Waals surface area contributed by atoms with E-state index >= 15 is 0 Å². The normalized spacial score (nSPS) is 15.9. The van der Waals surface area contributed by atoms with Crippen molar-refractivity contribution < 1.29 is 5.11 Å². The Labute approximate surface area is 84.4 Å². The number of nitrogens with zero attached hydrogens (tertiary/aromatic N) is 4. The van der Waals surface area contributed by atoms with Crippen LogP contribution in [0.5, 0.6) is 0 Å². The maximum Gasteiger partial charge on any atom is 0.234 e. The number of rotatable bonds is 3. The third kappa shape index (κ3) is 1.74. The molecule has 0 aliphatic rings. The number of fused-ring (bicyclic) bond motifs is 1. The fourth-order valence-electron chi connectivity index (χ4n) is 1.07. The summed E-state index contributed by atoms with van der Waals surface area (Å²) in [7, 11) is 0. The van der Waals surface area contributed by atoms with E-state index in [1.54, 1.807) is 11.4 Å². The van der Waals surface area contributed by atoms with Gasteiger partial charge in [-0.15, -0.1) is 10.2 Å². The van der Waals surface area contributed by atoms with Gasteiger partial charge in [0.1, 0.15) is 11.3 Å². The van der Waals surface area contributed by atoms with E-state index in [-0.39, 0.29) is 6.54 Å². The number of hydrogen-bond acceptors (Lipinski definition) is 6. The van der Waals surface area contributed by atoms with Crippen LogP contribution in [0.4, 0.5) is 0 Å². The first kappa shape index (κ1) is 9.50. The third-order valence-corrected chi connectivity index (χ3v) is 2.81. The Hall–Kier alpha value is -1.05. The summed E-state index contributed by atoms with van der Waals surface area (Å²) >= 11 is 1.41. The van der Waals surface area contributed by atoms with Crippen LogP contribution in [-0.4, -0.2) is 37.1 Å². The first-order valence-electron chi connectivity index (χ1n) is 4.19. The topological polar surface area (TPSA) is 89.3 Å². The molecule has 0 spiro atoms. The van der Waals surface area contributed by atoms with Crippen molar-refractivity contribution in [3.05, 3.63) is 11.3 Å². The Morgan fingerprint density at radius 2 is 2.50 bits per heavy atom. The molecule has 6 nitrogen and oxygen atoms in total. The van der Waals surface area contributed by atoms with Crippen molar-refractivity contribution in [1.29, 1.82) is 0 Å². The molecular formula is C7H11N5OS. The molecule has 7 heteroatoms. The molecule has 0 aliphatic heterocycles. The first-order chi connectivity index (χ1) is 6.61. The summed E-state index contributed by atoms with van der Waals surface area (Å²) in [5.41, 5.74) is 4.52. The molecule has 2 heterocycles. The Bertz CT molecular complexity index is 405. The lowest BCUT2D eigenvalue weighted by molar-refractivity contribution is 0.0694. The zero-order valence-corrected chi connectivity index (χ0v) is 8.53. The van der Waals surface area contributed by atoms with Gasteiger partial charge in [0.2, 0.25) is 4.96 Å². The smallest absolute Gasteiger partial charge is 0.234 e. The van der Waals surface area contributed by atoms with Crippen LogP contribution in [0, 0.1) is 0 Å². The van der Waals surface area contributed by atoms with Crippen molar-refractivity contribution in [1.82, 2.24) is 19.8 Å². The van der Waals surface area contributed by atoms with E-state index in [1.165, 1.54) is 17.7 Å². The predicted molar refractivity (Wildman–Crippen MR) is 52.0 cm³/mol. The standard InChI is InChI=1S/C7H11N5OS/c1-7(13,3-8)2-5-11-12-4-9-10-6(12)14-5/h4,13H,2-3,8H2,1H3. The summed E-state index contributed by atoms with van der Waals surface area (Å²) in [5, 5.41) is 22.3. The number of nitrogens with two attached hydrogens (primary N) is 1. The fraction of sp³-hybridized carbons (Fsp3) is 0.571. The van der Waals surface area contributed by atoms with E-state index < -0.39 is 5.60 Å². The lowest BCUT2D eigenvalue weighted by Gasteiger charge is -2.18. The first-order valence-corrected chi connectivity index (χ1v) is 5.00. The molecule has 0 amide bonds. The molecule has 0 fully saturated rings. The van der Waals surface area contributed by atoms with Crippen LogP contribution in [0.15, 0.2) is 6.33 Å². The zero-order valence-electron chi connectivity index (χ0n) is 7.71. The molecule has 1 unspecified atom stereocenters. The van der Waals surface area contributed by atoms with E-state index in [9.17, 15) is 5.11 Å². The van der Waals surface area contributed by atoms with Crippen molar-refractivity contribution in [2.24, 2.45) is 5.73 Å². The SMILES string of the molecule is CC(O)(CN)Cc1nn2cnnc2s1. The molecule has 1 atom stereocenters. The van der Waals surface area contributed by atoms with E-state index in [0.29, 0.717) is 6.42 Å². The minimum atomic E-state index is -0.900. The van der Waals surface area contributed by atoms with E-state index in [0.717, 1.165) is 9.97 Å². The second-order valence-corrected chi connectivity index (χ2v) is 4.47. The molecule has 0 saturated carbocycles. The Morgan fingerprint density at radius 3 is 3.14 bits per heavy atom. The molecule has 14 heavy (non-hydrogen) atoms. The van der Waals surface area contributed by atoms with Gasteiger partial charge in [0.05, 0.1) is 5.60 Å². The fourth-order valence-corrected chi connectivity index (χ4v) is 2.06. The minimum Gasteiger partial charge on any atom is -0.388 e. The molecule has 0 bridgehead atoms. The quantitative estimate of drug-likeness (QED) is 0.713. The summed E-state index contributed by atoms with van der Waals surface area (Å²) in [5.74, 6) is 0. The number of aromatic nitrogens is 4. The van der Waals surface area contributed by atoms with Crippen LogP contribution in [-0.2, 0) is 6.42 Å². The van der Waals surface area contributed by atoms with Gasteiger partial charge in [-0.05, 0) is 6.92 Å². The summed E-state index contributed by atoms with van der Waals surface area (Å²) in [4.78, 5) is 0.729. The highest BCUT2D eigenvalue weighted by Crippen LogP contribution is 2.17. The molecule has 2 rings (SSSR count). The molecule has 3 N–H and O–H groups in total. The second-order valence-electron chi connectivity index (χ2n) is 3.43. The van der Waals surface area contributed by atoms with E-state index in [2.05, 4.69) is 15.3 Å². The molecule has 0 aromatic carbocycles. The average molecular weight is 213 g/mol. The Kier molecular flexibility index (Phi) is 2.22. The summed E-state index contributed by atoms with van der Waals surface area (Å²) in [6.07, 6.45) is 1.98. The van der Waals surface area contributed by atoms with Gasteiger partial charge in [-0.3, -0.25) is 0 Å². The van der Waals surface area contributed by atoms with Crippen molar-refractivity contribution in [3.63, 3.8) is 0 Å². The molecule has 76 valence electrons. The zero-order chi connectivity index (χ0) is 10.2. The van der Waals surface area contributed by atoms with Crippen LogP contribution in [0.2, 0.25) is 0 Å². The molecule has 0 aliphatic carbocycles. The highest BCUT2D eigenvalue weighted by Gasteiger charge is 2.21. The van der Waals surface area contributed by atoms with Crippen molar-refractivity contribution in [3.8, 4) is 0 Å². The van der Waals surface area contributed by atoms with Gasteiger partial charge in [0.25, 0.3) is 0 Å². The summed E-state index contributed by atoms with van der Waals surface area (Å²) in [6.45, 7) is 1.91. The van der Waals surface area contributed by atoms with Crippen LogP contribution in [0.1, 0.15) is 11.9 Å². The maximum atomic E-state index is 9.74. The van der Waals surface area contributed by atoms with Gasteiger partial charge >= 0.3 is 0 Å². The number of aliphatic hydroxyl groups is 1. The molecule has 2 aromatic rings. The molecular weight excluding hydrogens is 202 g/mol. The van der Waals surface area contributed by atoms with Gasteiger partial charge in [0, 0.05) is 13.0 Å². The monoisotopic (exact) mass is 213 g/mol. The molecule has 2 aromatic heterocycles. The van der Waals surface area contributed by atoms with Gasteiger partial charge in [-0.25, -0.2) is 0 Å². The highest BCUT2D eigenvalue weighted by molar-refractivity contribution is 7.16. The summed E-state index contributed by atoms with van der Waals surface area (Å²) < 4.78 is 1.59. The Balaban J connectivity index is 2.23. The lowest BCUT2D eigenvalue weighted by atomic mass is 10.0. The lowest BCUT2D eigenvalue weighted by Crippen LogP contribution is -2.36. The van der Waals surface area contributed by atoms with Crippen molar-refractivity contribution in [2.45, 2.75) is 18.9 Å². The largest absolute Gasteiger partial charge is 0.388 e. The van der Waals surface area contributed by atoms with Gasteiger partial charge in [-0.1, -0.05) is 11.3 Å². The van der Waals surface area contributed by atoms with Crippen LogP contribution in [0.3, 0.4) is 0 Å². The summed E-state index contributed by atoms with van der Waals surface area (Å²) in [6, 6.07) is 0. The van der Waals surface area contributed by atoms with Gasteiger partial charge in [-0.2, -0.15) is 9.61 Å². The van der Waals surface area contributed by atoms with Crippen molar-refractivity contribution in [2.75, 3.05) is 6.54 Å². The second kappa shape index (κ2) is 3.26.